The van der Waals surface area contributed by atoms with Gasteiger partial charge in [-0.05, 0) is 18.2 Å². The fourth-order valence-electron chi connectivity index (χ4n) is 1.62. The summed E-state index contributed by atoms with van der Waals surface area (Å²) in [6.07, 6.45) is 5.04. The Morgan fingerprint density at radius 1 is 1.20 bits per heavy atom. The fraction of sp³-hybridized carbons (Fsp3) is 0.267. The van der Waals surface area contributed by atoms with Gasteiger partial charge in [0.25, 0.3) is 0 Å². The van der Waals surface area contributed by atoms with E-state index in [0.717, 1.165) is 16.9 Å². The molecule has 0 saturated heterocycles. The molecule has 0 fully saturated rings. The van der Waals surface area contributed by atoms with Gasteiger partial charge in [-0.25, -0.2) is 9.97 Å². The van der Waals surface area contributed by atoms with Crippen LogP contribution in [0.3, 0.4) is 0 Å². The predicted octanol–water partition coefficient (Wildman–Crippen LogP) is 2.68. The van der Waals surface area contributed by atoms with Gasteiger partial charge >= 0.3 is 0 Å². The number of carbonyl (C=O) groups is 1. The molecule has 1 aromatic carbocycles. The topological polar surface area (TPSA) is 66.9 Å². The highest BCUT2D eigenvalue weighted by Crippen LogP contribution is 2.16. The van der Waals surface area contributed by atoms with E-state index < -0.39 is 0 Å². The van der Waals surface area contributed by atoms with Crippen LogP contribution >= 0.6 is 0 Å². The van der Waals surface area contributed by atoms with Gasteiger partial charge in [-0.15, -0.1) is 0 Å². The lowest BCUT2D eigenvalue weighted by Gasteiger charge is -2.10. The lowest BCUT2D eigenvalue weighted by Crippen LogP contribution is -2.17. The summed E-state index contributed by atoms with van der Waals surface area (Å²) in [6, 6.07) is 7.63. The first-order valence-corrected chi connectivity index (χ1v) is 6.54. The monoisotopic (exact) mass is 270 g/mol. The van der Waals surface area contributed by atoms with Crippen LogP contribution in [0.15, 0.2) is 43.0 Å². The van der Waals surface area contributed by atoms with Crippen molar-refractivity contribution in [2.75, 3.05) is 10.6 Å². The highest BCUT2D eigenvalue weighted by atomic mass is 16.1. The van der Waals surface area contributed by atoms with Gasteiger partial charge in [-0.1, -0.05) is 19.9 Å². The van der Waals surface area contributed by atoms with Gasteiger partial charge < -0.3 is 10.6 Å². The zero-order valence-electron chi connectivity index (χ0n) is 11.6. The summed E-state index contributed by atoms with van der Waals surface area (Å²) in [5.74, 6) is -0.0216. The Balaban J connectivity index is 1.97. The summed E-state index contributed by atoms with van der Waals surface area (Å²) >= 11 is 0. The molecule has 0 atom stereocenters. The zero-order chi connectivity index (χ0) is 14.4. The van der Waals surface area contributed by atoms with Gasteiger partial charge in [0.05, 0.1) is 0 Å². The molecule has 0 aliphatic carbocycles. The summed E-state index contributed by atoms with van der Waals surface area (Å²) in [5, 5.41) is 6.15. The number of benzene rings is 1. The minimum Gasteiger partial charge on any atom is -0.381 e. The van der Waals surface area contributed by atoms with Crippen LogP contribution < -0.4 is 10.6 Å². The maximum absolute atomic E-state index is 11.7. The number of anilines is 2. The van der Waals surface area contributed by atoms with E-state index in [9.17, 15) is 4.79 Å². The van der Waals surface area contributed by atoms with Gasteiger partial charge in [-0.3, -0.25) is 4.79 Å². The first-order valence-electron chi connectivity index (χ1n) is 6.54. The molecule has 1 amide bonds. The highest BCUT2D eigenvalue weighted by Gasteiger charge is 2.07. The maximum atomic E-state index is 11.7. The molecule has 2 aromatic rings. The smallest absolute Gasteiger partial charge is 0.226 e. The largest absolute Gasteiger partial charge is 0.381 e. The van der Waals surface area contributed by atoms with Crippen LogP contribution in [0.1, 0.15) is 19.4 Å². The van der Waals surface area contributed by atoms with Gasteiger partial charge in [0.2, 0.25) is 5.91 Å². The molecular weight excluding hydrogens is 252 g/mol. The lowest BCUT2D eigenvalue weighted by atomic mass is 10.2. The molecule has 0 saturated carbocycles. The van der Waals surface area contributed by atoms with Crippen LogP contribution in [0.25, 0.3) is 0 Å². The second-order valence-corrected chi connectivity index (χ2v) is 4.83. The molecule has 0 aliphatic heterocycles. The van der Waals surface area contributed by atoms with Gasteiger partial charge in [0, 0.05) is 41.8 Å². The van der Waals surface area contributed by atoms with Crippen molar-refractivity contribution < 1.29 is 4.79 Å². The molecule has 5 heteroatoms. The van der Waals surface area contributed by atoms with Crippen LogP contribution in [0.4, 0.5) is 11.4 Å². The Hall–Kier alpha value is -2.43. The molecule has 0 unspecified atom stereocenters. The Kier molecular flexibility index (Phi) is 4.65. The first kappa shape index (κ1) is 14.0. The minimum atomic E-state index is -0.0342. The molecule has 20 heavy (non-hydrogen) atoms. The van der Waals surface area contributed by atoms with Crippen molar-refractivity contribution >= 4 is 17.3 Å². The normalized spacial score (nSPS) is 10.3. The summed E-state index contributed by atoms with van der Waals surface area (Å²) in [5.41, 5.74) is 2.73. The summed E-state index contributed by atoms with van der Waals surface area (Å²) < 4.78 is 0. The third-order valence-electron chi connectivity index (χ3n) is 2.77. The summed E-state index contributed by atoms with van der Waals surface area (Å²) in [7, 11) is 0. The van der Waals surface area contributed by atoms with E-state index in [1.807, 2.05) is 38.1 Å². The number of hydrogen-bond donors (Lipinski definition) is 2. The van der Waals surface area contributed by atoms with Gasteiger partial charge in [0.1, 0.15) is 6.33 Å². The Morgan fingerprint density at radius 3 is 2.60 bits per heavy atom. The average molecular weight is 270 g/mol. The number of nitrogens with one attached hydrogen (secondary N) is 2. The van der Waals surface area contributed by atoms with Crippen LogP contribution in [0.2, 0.25) is 0 Å². The van der Waals surface area contributed by atoms with Gasteiger partial charge in [-0.2, -0.15) is 0 Å². The van der Waals surface area contributed by atoms with Crippen molar-refractivity contribution in [1.29, 1.82) is 0 Å². The predicted molar refractivity (Wildman–Crippen MR) is 79.3 cm³/mol. The molecule has 5 nitrogen and oxygen atoms in total. The molecule has 0 radical (unpaired) electrons. The second kappa shape index (κ2) is 6.65. The SMILES string of the molecule is CC(C)C(=O)Nc1cccc(NCc2cncnc2)c1. The Morgan fingerprint density at radius 2 is 1.90 bits per heavy atom. The molecule has 0 bridgehead atoms. The van der Waals surface area contributed by atoms with E-state index in [1.165, 1.54) is 6.33 Å². The van der Waals surface area contributed by atoms with Crippen molar-refractivity contribution in [3.05, 3.63) is 48.5 Å². The zero-order valence-corrected chi connectivity index (χ0v) is 11.6. The summed E-state index contributed by atoms with van der Waals surface area (Å²) in [6.45, 7) is 4.38. The van der Waals surface area contributed by atoms with E-state index in [1.54, 1.807) is 12.4 Å². The molecule has 2 N–H and O–H groups in total. The molecule has 1 aromatic heterocycles. The Bertz CT molecular complexity index is 569. The standard InChI is InChI=1S/C15H18N4O/c1-11(2)15(20)19-14-5-3-4-13(6-14)18-9-12-7-16-10-17-8-12/h3-8,10-11,18H,9H2,1-2H3,(H,19,20). The van der Waals surface area contributed by atoms with Gasteiger partial charge in [0.15, 0.2) is 0 Å². The maximum Gasteiger partial charge on any atom is 0.226 e. The van der Waals surface area contributed by atoms with Crippen molar-refractivity contribution in [2.45, 2.75) is 20.4 Å². The average Bonchev–Trinajstić information content (AvgIpc) is 2.46. The van der Waals surface area contributed by atoms with E-state index >= 15 is 0 Å². The van der Waals surface area contributed by atoms with Crippen molar-refractivity contribution in [3.63, 3.8) is 0 Å². The van der Waals surface area contributed by atoms with E-state index in [-0.39, 0.29) is 11.8 Å². The van der Waals surface area contributed by atoms with E-state index in [4.69, 9.17) is 0 Å². The number of aromatic nitrogens is 2. The van der Waals surface area contributed by atoms with Crippen LogP contribution in [-0.2, 0) is 11.3 Å². The molecule has 104 valence electrons. The van der Waals surface area contributed by atoms with Crippen molar-refractivity contribution in [3.8, 4) is 0 Å². The quantitative estimate of drug-likeness (QED) is 0.876. The molecule has 0 aliphatic rings. The van der Waals surface area contributed by atoms with Crippen LogP contribution in [-0.4, -0.2) is 15.9 Å². The third-order valence-corrected chi connectivity index (χ3v) is 2.77. The second-order valence-electron chi connectivity index (χ2n) is 4.83. The molecule has 2 rings (SSSR count). The van der Waals surface area contributed by atoms with E-state index in [0.29, 0.717) is 6.54 Å². The van der Waals surface area contributed by atoms with Crippen LogP contribution in [0, 0.1) is 5.92 Å². The summed E-state index contributed by atoms with van der Waals surface area (Å²) in [4.78, 5) is 19.6. The Labute approximate surface area is 118 Å². The van der Waals surface area contributed by atoms with E-state index in [2.05, 4.69) is 20.6 Å². The highest BCUT2D eigenvalue weighted by molar-refractivity contribution is 5.92. The van der Waals surface area contributed by atoms with Crippen LogP contribution in [0.5, 0.6) is 0 Å². The number of amides is 1. The number of rotatable bonds is 5. The van der Waals surface area contributed by atoms with Crippen molar-refractivity contribution in [2.24, 2.45) is 5.92 Å². The molecule has 0 spiro atoms. The minimum absolute atomic E-state index is 0.0126. The number of nitrogens with zero attached hydrogens (tertiary/aromatic N) is 2. The first-order chi connectivity index (χ1) is 9.65. The third kappa shape index (κ3) is 4.05. The molecular formula is C15H18N4O. The lowest BCUT2D eigenvalue weighted by molar-refractivity contribution is -0.118. The number of hydrogen-bond acceptors (Lipinski definition) is 4. The fourth-order valence-corrected chi connectivity index (χ4v) is 1.62. The van der Waals surface area contributed by atoms with Crippen molar-refractivity contribution in [1.82, 2.24) is 9.97 Å². The number of carbonyl (C=O) groups excluding carboxylic acids is 1. The molecule has 1 heterocycles.